The van der Waals surface area contributed by atoms with E-state index in [4.69, 9.17) is 12.6 Å². The van der Waals surface area contributed by atoms with Crippen molar-refractivity contribution in [1.82, 2.24) is 0 Å². The standard InChI is InChI=1S/C38H38N2S2.2Pb/c1-6-27(34-21-19-32(39(2)3)25-36(34)41)15-17-30-13-10-14-31(38(30)29-11-8-7-9-12-29)18-16-28-23-24-42-37-26-33(40(4)5)20-22-35(28)37;;/h6-9,11-12,15-23,25-26,41H,1,10,13-14H2,2-5H3;;/b17-15+,27-6-,28-16+,31-18+;;. The van der Waals surface area contributed by atoms with E-state index in [1.807, 2.05) is 11.8 Å². The van der Waals surface area contributed by atoms with E-state index < -0.39 is 0 Å². The summed E-state index contributed by atoms with van der Waals surface area (Å²) in [6.45, 7) is 0. The average molecular weight is 1000 g/mol. The fourth-order valence-electron chi connectivity index (χ4n) is 5.65. The number of hydrogen-bond acceptors (Lipinski definition) is 4. The van der Waals surface area contributed by atoms with Gasteiger partial charge in [0.15, 0.2) is 0 Å². The Bertz CT molecular complexity index is 1710. The number of nitrogens with zero attached hydrogens (tertiary/aromatic N) is 2. The first-order valence-electron chi connectivity index (χ1n) is 14.9. The number of hydrogen-bond donors (Lipinski definition) is 1. The van der Waals surface area contributed by atoms with Gasteiger partial charge in [-0.1, -0.05) is 0 Å². The summed E-state index contributed by atoms with van der Waals surface area (Å²) in [7, 11) is 8.37. The third kappa shape index (κ3) is 8.14. The van der Waals surface area contributed by atoms with E-state index in [1.54, 1.807) is 0 Å². The Balaban J connectivity index is 1.57. The topological polar surface area (TPSA) is 6.48 Å². The number of fused-ring (bicyclic) bond motifs is 1. The molecule has 0 atom stereocenters. The Kier molecular flexibility index (Phi) is 12.0. The SMILES string of the molecule is CN(C)c1ccc(C(=C\[CH2][Pb])/C=C/C2=C(c3ccccc3)C(=C/C=C3\C=[C]([Pb])Sc4cc(N(C)C)ccc43)/CCC2)c(S)c1. The second kappa shape index (κ2) is 15.7. The van der Waals surface area contributed by atoms with Gasteiger partial charge in [0.05, 0.1) is 0 Å². The molecule has 44 heavy (non-hydrogen) atoms. The molecule has 0 saturated carbocycles. The van der Waals surface area contributed by atoms with Gasteiger partial charge in [-0.15, -0.1) is 0 Å². The predicted molar refractivity (Wildman–Crippen MR) is 199 cm³/mol. The van der Waals surface area contributed by atoms with Crippen LogP contribution in [0.5, 0.6) is 0 Å². The van der Waals surface area contributed by atoms with E-state index in [9.17, 15) is 0 Å². The Morgan fingerprint density at radius 3 is 2.34 bits per heavy atom. The van der Waals surface area contributed by atoms with E-state index in [0.29, 0.717) is 0 Å². The maximum absolute atomic E-state index is 4.90. The van der Waals surface area contributed by atoms with Crippen LogP contribution in [0.15, 0.2) is 127 Å². The molecule has 0 N–H and O–H groups in total. The molecule has 6 heteroatoms. The number of rotatable bonds is 8. The van der Waals surface area contributed by atoms with Crippen LogP contribution in [0.25, 0.3) is 16.7 Å². The molecule has 6 radical (unpaired) electrons. The quantitative estimate of drug-likeness (QED) is 0.137. The fourth-order valence-corrected chi connectivity index (χ4v) is 9.63. The van der Waals surface area contributed by atoms with Gasteiger partial charge in [-0.05, 0) is 0 Å². The summed E-state index contributed by atoms with van der Waals surface area (Å²) in [5.41, 5.74) is 13.0. The summed E-state index contributed by atoms with van der Waals surface area (Å²) in [6, 6.07) is 24.4. The maximum atomic E-state index is 4.90. The summed E-state index contributed by atoms with van der Waals surface area (Å²) < 4.78 is 2.57. The van der Waals surface area contributed by atoms with Gasteiger partial charge in [0, 0.05) is 0 Å². The minimum absolute atomic E-state index is 1.02. The van der Waals surface area contributed by atoms with Crippen molar-refractivity contribution in [3.05, 3.63) is 133 Å². The van der Waals surface area contributed by atoms with Gasteiger partial charge in [-0.3, -0.25) is 0 Å². The molecule has 0 aromatic heterocycles. The summed E-state index contributed by atoms with van der Waals surface area (Å²) in [5, 5.41) is 0. The van der Waals surface area contributed by atoms with Gasteiger partial charge in [0.1, 0.15) is 0 Å². The van der Waals surface area contributed by atoms with Gasteiger partial charge in [-0.2, -0.15) is 0 Å². The van der Waals surface area contributed by atoms with Gasteiger partial charge in [-0.25, -0.2) is 0 Å². The van der Waals surface area contributed by atoms with Gasteiger partial charge >= 0.3 is 309 Å². The van der Waals surface area contributed by atoms with Crippen LogP contribution in [0, 0.1) is 0 Å². The third-order valence-electron chi connectivity index (χ3n) is 7.95. The Labute approximate surface area is 305 Å². The third-order valence-corrected chi connectivity index (χ3v) is 11.8. The Hall–Kier alpha value is -1.76. The summed E-state index contributed by atoms with van der Waals surface area (Å²) in [5.74, 6) is 0. The molecular formula is C38H38N2Pb2S2. The zero-order chi connectivity index (χ0) is 31.2. The van der Waals surface area contributed by atoms with Crippen LogP contribution in [0.4, 0.5) is 11.4 Å². The molecule has 5 rings (SSSR count). The van der Waals surface area contributed by atoms with Gasteiger partial charge < -0.3 is 0 Å². The minimum atomic E-state index is 1.02. The van der Waals surface area contributed by atoms with Crippen LogP contribution in [0.1, 0.15) is 36.0 Å². The van der Waals surface area contributed by atoms with Gasteiger partial charge in [0.25, 0.3) is 0 Å². The van der Waals surface area contributed by atoms with Crippen molar-refractivity contribution in [2.45, 2.75) is 33.0 Å². The molecule has 0 amide bonds. The van der Waals surface area contributed by atoms with Crippen LogP contribution >= 0.6 is 24.4 Å². The fraction of sp³-hybridized carbons (Fsp3) is 0.211. The molecule has 0 spiro atoms. The summed E-state index contributed by atoms with van der Waals surface area (Å²) >= 11 is 9.00. The van der Waals surface area contributed by atoms with Crippen molar-refractivity contribution < 1.29 is 0 Å². The number of thioether (sulfide) groups is 1. The molecule has 2 nitrogen and oxygen atoms in total. The van der Waals surface area contributed by atoms with Gasteiger partial charge in [0.2, 0.25) is 0 Å². The zero-order valence-corrected chi connectivity index (χ0v) is 35.4. The number of allylic oxidation sites excluding steroid dienone is 11. The predicted octanol–water partition coefficient (Wildman–Crippen LogP) is 9.40. The monoisotopic (exact) mass is 1000 g/mol. The zero-order valence-electron chi connectivity index (χ0n) is 25.9. The molecule has 0 bridgehead atoms. The van der Waals surface area contributed by atoms with Crippen molar-refractivity contribution in [2.24, 2.45) is 0 Å². The molecule has 1 heterocycles. The van der Waals surface area contributed by atoms with E-state index in [2.05, 4.69) is 141 Å². The van der Waals surface area contributed by atoms with E-state index >= 15 is 0 Å². The first-order valence-corrected chi connectivity index (χ1v) is 20.9. The molecule has 1 aliphatic heterocycles. The summed E-state index contributed by atoms with van der Waals surface area (Å²) in [4.78, 5) is 6.69. The van der Waals surface area contributed by atoms with Crippen molar-refractivity contribution in [3.63, 3.8) is 0 Å². The Morgan fingerprint density at radius 2 is 1.64 bits per heavy atom. The molecule has 0 saturated heterocycles. The number of anilines is 2. The normalized spacial score (nSPS) is 17.3. The van der Waals surface area contributed by atoms with Crippen LogP contribution in [0.2, 0.25) is 3.98 Å². The molecule has 0 fully saturated rings. The second-order valence-corrected chi connectivity index (χ2v) is 18.1. The molecule has 220 valence electrons. The molecule has 3 aromatic carbocycles. The Morgan fingerprint density at radius 1 is 0.909 bits per heavy atom. The van der Waals surface area contributed by atoms with Crippen LogP contribution in [0.3, 0.4) is 0 Å². The first kappa shape index (κ1) is 33.6. The summed E-state index contributed by atoms with van der Waals surface area (Å²) in [6.07, 6.45) is 17.5. The van der Waals surface area contributed by atoms with Crippen molar-refractivity contribution in [1.29, 1.82) is 0 Å². The van der Waals surface area contributed by atoms with E-state index in [-0.39, 0.29) is 0 Å². The molecule has 0 unspecified atom stereocenters. The molecular weight excluding hydrogens is 963 g/mol. The first-order chi connectivity index (χ1) is 21.2. The second-order valence-electron chi connectivity index (χ2n) is 11.4. The molecule has 2 aliphatic rings. The average Bonchev–Trinajstić information content (AvgIpc) is 3.01. The van der Waals surface area contributed by atoms with E-state index in [0.717, 1.165) is 79.7 Å². The number of thiol groups is 1. The van der Waals surface area contributed by atoms with Crippen LogP contribution in [-0.4, -0.2) is 79.7 Å². The van der Waals surface area contributed by atoms with Crippen molar-refractivity contribution in [2.75, 3.05) is 38.0 Å². The number of benzene rings is 3. The molecule has 1 aliphatic carbocycles. The molecule has 3 aromatic rings. The van der Waals surface area contributed by atoms with Crippen molar-refractivity contribution >= 4 is 104 Å². The van der Waals surface area contributed by atoms with Crippen LogP contribution < -0.4 is 9.80 Å². The van der Waals surface area contributed by atoms with Crippen LogP contribution in [-0.2, 0) is 0 Å². The van der Waals surface area contributed by atoms with E-state index in [1.165, 1.54) is 63.3 Å². The van der Waals surface area contributed by atoms with Crippen molar-refractivity contribution in [3.8, 4) is 0 Å².